The summed E-state index contributed by atoms with van der Waals surface area (Å²) in [5.74, 6) is 0.142. The minimum atomic E-state index is -0.614. The van der Waals surface area contributed by atoms with Gasteiger partial charge in [0.15, 0.2) is 0 Å². The summed E-state index contributed by atoms with van der Waals surface area (Å²) in [6, 6.07) is 0. The maximum atomic E-state index is 11.2. The molecule has 3 atom stereocenters. The molecule has 3 heteroatoms. The Hall–Kier alpha value is -0.570. The van der Waals surface area contributed by atoms with E-state index in [0.29, 0.717) is 23.8 Å². The molecule has 1 saturated carbocycles. The zero-order chi connectivity index (χ0) is 11.8. The van der Waals surface area contributed by atoms with E-state index >= 15 is 0 Å². The number of hydrogen-bond acceptors (Lipinski definition) is 2. The number of rotatable bonds is 2. The first-order valence-corrected chi connectivity index (χ1v) is 6.46. The first kappa shape index (κ1) is 11.9. The molecule has 1 aliphatic carbocycles. The van der Waals surface area contributed by atoms with Gasteiger partial charge < -0.3 is 10.4 Å². The van der Waals surface area contributed by atoms with Gasteiger partial charge in [-0.2, -0.15) is 0 Å². The molecule has 1 saturated heterocycles. The van der Waals surface area contributed by atoms with E-state index in [9.17, 15) is 9.90 Å². The Kier molecular flexibility index (Phi) is 3.24. The van der Waals surface area contributed by atoms with Crippen LogP contribution in [0.1, 0.15) is 39.5 Å². The minimum Gasteiger partial charge on any atom is -0.481 e. The van der Waals surface area contributed by atoms with Crippen LogP contribution in [0.4, 0.5) is 0 Å². The third-order valence-corrected chi connectivity index (χ3v) is 4.69. The van der Waals surface area contributed by atoms with E-state index in [1.807, 2.05) is 0 Å². The van der Waals surface area contributed by atoms with Gasteiger partial charge >= 0.3 is 5.97 Å². The number of hydrogen-bond donors (Lipinski definition) is 2. The summed E-state index contributed by atoms with van der Waals surface area (Å²) in [5.41, 5.74) is 0.322. The average molecular weight is 225 g/mol. The number of aliphatic carboxylic acids is 1. The molecule has 0 spiro atoms. The summed E-state index contributed by atoms with van der Waals surface area (Å²) in [7, 11) is 0. The summed E-state index contributed by atoms with van der Waals surface area (Å²) in [6.07, 6.45) is 5.04. The van der Waals surface area contributed by atoms with E-state index in [0.717, 1.165) is 6.54 Å². The van der Waals surface area contributed by atoms with Crippen LogP contribution in [0, 0.1) is 23.2 Å². The lowest BCUT2D eigenvalue weighted by atomic mass is 9.62. The van der Waals surface area contributed by atoms with Crippen LogP contribution in [-0.4, -0.2) is 24.2 Å². The van der Waals surface area contributed by atoms with Gasteiger partial charge in [-0.05, 0) is 36.6 Å². The van der Waals surface area contributed by atoms with Gasteiger partial charge in [-0.25, -0.2) is 0 Å². The Morgan fingerprint density at radius 2 is 2.06 bits per heavy atom. The highest BCUT2D eigenvalue weighted by molar-refractivity contribution is 5.71. The average Bonchev–Trinajstić information content (AvgIpc) is 2.65. The predicted molar refractivity (Wildman–Crippen MR) is 63.2 cm³/mol. The third kappa shape index (κ3) is 2.10. The van der Waals surface area contributed by atoms with Crippen LogP contribution in [0.15, 0.2) is 0 Å². The Morgan fingerprint density at radius 1 is 1.31 bits per heavy atom. The normalized spacial score (nSPS) is 38.5. The Balaban J connectivity index is 2.13. The largest absolute Gasteiger partial charge is 0.481 e. The third-order valence-electron chi connectivity index (χ3n) is 4.69. The van der Waals surface area contributed by atoms with Crippen LogP contribution >= 0.6 is 0 Å². The van der Waals surface area contributed by atoms with E-state index in [-0.39, 0.29) is 5.92 Å². The van der Waals surface area contributed by atoms with Crippen LogP contribution in [-0.2, 0) is 4.79 Å². The Morgan fingerprint density at radius 3 is 2.69 bits per heavy atom. The SMILES string of the molecule is CC1(C)CCCCC1C1CNCC1C(=O)O. The second-order valence-electron chi connectivity index (χ2n) is 6.11. The van der Waals surface area contributed by atoms with Crippen molar-refractivity contribution < 1.29 is 9.90 Å². The summed E-state index contributed by atoms with van der Waals surface area (Å²) < 4.78 is 0. The van der Waals surface area contributed by atoms with Gasteiger partial charge in [-0.15, -0.1) is 0 Å². The number of carbonyl (C=O) groups is 1. The van der Waals surface area contributed by atoms with Crippen molar-refractivity contribution in [2.45, 2.75) is 39.5 Å². The lowest BCUT2D eigenvalue weighted by Crippen LogP contribution is -2.38. The first-order valence-electron chi connectivity index (χ1n) is 6.46. The van der Waals surface area contributed by atoms with Crippen molar-refractivity contribution in [2.75, 3.05) is 13.1 Å². The molecule has 2 rings (SSSR count). The van der Waals surface area contributed by atoms with Crippen molar-refractivity contribution >= 4 is 5.97 Å². The molecule has 0 aromatic carbocycles. The molecule has 0 aromatic heterocycles. The molecular weight excluding hydrogens is 202 g/mol. The van der Waals surface area contributed by atoms with Crippen molar-refractivity contribution in [3.05, 3.63) is 0 Å². The highest BCUT2D eigenvalue weighted by atomic mass is 16.4. The quantitative estimate of drug-likeness (QED) is 0.757. The Bertz CT molecular complexity index is 275. The summed E-state index contributed by atoms with van der Waals surface area (Å²) in [4.78, 5) is 11.2. The summed E-state index contributed by atoms with van der Waals surface area (Å²) in [6.45, 7) is 6.18. The molecule has 3 nitrogen and oxygen atoms in total. The molecule has 0 aromatic rings. The van der Waals surface area contributed by atoms with Crippen molar-refractivity contribution in [2.24, 2.45) is 23.2 Å². The van der Waals surface area contributed by atoms with Crippen LogP contribution in [0.2, 0.25) is 0 Å². The molecule has 3 unspecified atom stereocenters. The molecular formula is C13H23NO2. The molecule has 0 amide bonds. The van der Waals surface area contributed by atoms with E-state index in [1.54, 1.807) is 0 Å². The Labute approximate surface area is 97.6 Å². The monoisotopic (exact) mass is 225 g/mol. The highest BCUT2D eigenvalue weighted by Crippen LogP contribution is 2.47. The number of carboxylic acids is 1. The van der Waals surface area contributed by atoms with Crippen LogP contribution < -0.4 is 5.32 Å². The lowest BCUT2D eigenvalue weighted by Gasteiger charge is -2.43. The van der Waals surface area contributed by atoms with Crippen molar-refractivity contribution in [1.29, 1.82) is 0 Å². The summed E-state index contributed by atoms with van der Waals surface area (Å²) in [5, 5.41) is 12.5. The van der Waals surface area contributed by atoms with Crippen molar-refractivity contribution in [3.63, 3.8) is 0 Å². The lowest BCUT2D eigenvalue weighted by molar-refractivity contribution is -0.143. The number of carboxylic acid groups (broad SMARTS) is 1. The van der Waals surface area contributed by atoms with Gasteiger partial charge in [0.05, 0.1) is 5.92 Å². The van der Waals surface area contributed by atoms with Crippen molar-refractivity contribution in [3.8, 4) is 0 Å². The van der Waals surface area contributed by atoms with Gasteiger partial charge in [-0.3, -0.25) is 4.79 Å². The molecule has 2 aliphatic rings. The van der Waals surface area contributed by atoms with Crippen LogP contribution in [0.25, 0.3) is 0 Å². The molecule has 1 heterocycles. The molecule has 2 fully saturated rings. The minimum absolute atomic E-state index is 0.164. The standard InChI is InChI=1S/C13H23NO2/c1-13(2)6-4-3-5-11(13)9-7-14-8-10(9)12(15)16/h9-11,14H,3-8H2,1-2H3,(H,15,16). The van der Waals surface area contributed by atoms with E-state index in [2.05, 4.69) is 19.2 Å². The maximum Gasteiger partial charge on any atom is 0.308 e. The molecule has 2 N–H and O–H groups in total. The topological polar surface area (TPSA) is 49.3 Å². The molecule has 0 radical (unpaired) electrons. The molecule has 0 bridgehead atoms. The van der Waals surface area contributed by atoms with E-state index in [4.69, 9.17) is 0 Å². The molecule has 1 aliphatic heterocycles. The van der Waals surface area contributed by atoms with Gasteiger partial charge in [0.1, 0.15) is 0 Å². The van der Waals surface area contributed by atoms with Crippen LogP contribution in [0.3, 0.4) is 0 Å². The zero-order valence-corrected chi connectivity index (χ0v) is 10.3. The van der Waals surface area contributed by atoms with Crippen LogP contribution in [0.5, 0.6) is 0 Å². The number of nitrogens with one attached hydrogen (secondary N) is 1. The van der Waals surface area contributed by atoms with Gasteiger partial charge in [0, 0.05) is 6.54 Å². The van der Waals surface area contributed by atoms with Gasteiger partial charge in [-0.1, -0.05) is 26.7 Å². The summed E-state index contributed by atoms with van der Waals surface area (Å²) >= 11 is 0. The second kappa shape index (κ2) is 4.36. The fourth-order valence-corrected chi connectivity index (χ4v) is 3.71. The highest BCUT2D eigenvalue weighted by Gasteiger charge is 2.44. The predicted octanol–water partition coefficient (Wildman–Crippen LogP) is 2.12. The van der Waals surface area contributed by atoms with Gasteiger partial charge in [0.2, 0.25) is 0 Å². The van der Waals surface area contributed by atoms with E-state index < -0.39 is 5.97 Å². The molecule has 92 valence electrons. The fraction of sp³-hybridized carbons (Fsp3) is 0.923. The van der Waals surface area contributed by atoms with Gasteiger partial charge in [0.25, 0.3) is 0 Å². The molecule has 16 heavy (non-hydrogen) atoms. The fourth-order valence-electron chi connectivity index (χ4n) is 3.71. The smallest absolute Gasteiger partial charge is 0.308 e. The maximum absolute atomic E-state index is 11.2. The first-order chi connectivity index (χ1) is 7.52. The zero-order valence-electron chi connectivity index (χ0n) is 10.3. The van der Waals surface area contributed by atoms with E-state index in [1.165, 1.54) is 25.7 Å². The second-order valence-corrected chi connectivity index (χ2v) is 6.11. The van der Waals surface area contributed by atoms with Crippen molar-refractivity contribution in [1.82, 2.24) is 5.32 Å².